The SMILES string of the molecule is CC(CC(C(=O)O)C(C)C(=O)[O-])c1ccccc1.[Na+]. The Morgan fingerprint density at radius 1 is 1.21 bits per heavy atom. The molecule has 0 spiro atoms. The van der Waals surface area contributed by atoms with Crippen molar-refractivity contribution >= 4 is 11.9 Å². The van der Waals surface area contributed by atoms with E-state index < -0.39 is 23.8 Å². The molecule has 0 saturated heterocycles. The predicted molar refractivity (Wildman–Crippen MR) is 64.8 cm³/mol. The van der Waals surface area contributed by atoms with Gasteiger partial charge in [-0.05, 0) is 17.9 Å². The molecule has 0 aliphatic heterocycles. The van der Waals surface area contributed by atoms with Gasteiger partial charge in [-0.1, -0.05) is 44.2 Å². The topological polar surface area (TPSA) is 77.4 Å². The predicted octanol–water partition coefficient (Wildman–Crippen LogP) is -1.73. The van der Waals surface area contributed by atoms with E-state index in [9.17, 15) is 14.7 Å². The summed E-state index contributed by atoms with van der Waals surface area (Å²) in [6.07, 6.45) is 0.286. The molecule has 0 saturated carbocycles. The van der Waals surface area contributed by atoms with Crippen LogP contribution in [0.4, 0.5) is 0 Å². The number of carbonyl (C=O) groups excluding carboxylic acids is 1. The van der Waals surface area contributed by atoms with Gasteiger partial charge in [-0.3, -0.25) is 4.79 Å². The second-order valence-electron chi connectivity index (χ2n) is 4.60. The Balaban J connectivity index is 0.00000324. The van der Waals surface area contributed by atoms with Gasteiger partial charge in [0.2, 0.25) is 0 Å². The van der Waals surface area contributed by atoms with Crippen molar-refractivity contribution in [1.29, 1.82) is 0 Å². The van der Waals surface area contributed by atoms with Crippen molar-refractivity contribution < 1.29 is 49.4 Å². The molecule has 1 aromatic carbocycles. The zero-order valence-electron chi connectivity index (χ0n) is 11.5. The third-order valence-corrected chi connectivity index (χ3v) is 3.27. The van der Waals surface area contributed by atoms with Crippen LogP contribution in [-0.2, 0) is 9.59 Å². The van der Waals surface area contributed by atoms with E-state index in [1.807, 2.05) is 37.3 Å². The van der Waals surface area contributed by atoms with Crippen molar-refractivity contribution in [2.75, 3.05) is 0 Å². The summed E-state index contributed by atoms with van der Waals surface area (Å²) in [6, 6.07) is 9.46. The second-order valence-corrected chi connectivity index (χ2v) is 4.60. The van der Waals surface area contributed by atoms with Crippen LogP contribution in [0.2, 0.25) is 0 Å². The number of hydrogen-bond acceptors (Lipinski definition) is 3. The van der Waals surface area contributed by atoms with Crippen molar-refractivity contribution in [3.63, 3.8) is 0 Å². The Hall–Kier alpha value is -0.840. The average Bonchev–Trinajstić information content (AvgIpc) is 2.35. The molecule has 3 unspecified atom stereocenters. The molecule has 4 nitrogen and oxygen atoms in total. The molecule has 1 aromatic rings. The molecular weight excluding hydrogens is 255 g/mol. The Labute approximate surface area is 135 Å². The Bertz CT molecular complexity index is 419. The zero-order chi connectivity index (χ0) is 13.7. The third kappa shape index (κ3) is 5.35. The number of carboxylic acid groups (broad SMARTS) is 2. The van der Waals surface area contributed by atoms with Crippen molar-refractivity contribution in [1.82, 2.24) is 0 Å². The standard InChI is InChI=1S/C14H18O4.Na/c1-9(11-6-4-3-5-7-11)8-12(14(17)18)10(2)13(15)16;/h3-7,9-10,12H,8H2,1-2H3,(H,15,16)(H,17,18);/q;+1/p-1. The van der Waals surface area contributed by atoms with Crippen LogP contribution >= 0.6 is 0 Å². The molecule has 0 aromatic heterocycles. The van der Waals surface area contributed by atoms with E-state index in [-0.39, 0.29) is 41.9 Å². The number of benzene rings is 1. The van der Waals surface area contributed by atoms with Crippen molar-refractivity contribution in [3.05, 3.63) is 35.9 Å². The first-order chi connectivity index (χ1) is 8.43. The molecule has 0 heterocycles. The Kier molecular flexibility index (Phi) is 7.99. The molecule has 0 fully saturated rings. The van der Waals surface area contributed by atoms with E-state index in [4.69, 9.17) is 5.11 Å². The fourth-order valence-electron chi connectivity index (χ4n) is 1.98. The summed E-state index contributed by atoms with van der Waals surface area (Å²) in [6.45, 7) is 3.28. The van der Waals surface area contributed by atoms with Crippen LogP contribution in [0.15, 0.2) is 30.3 Å². The fraction of sp³-hybridized carbons (Fsp3) is 0.429. The maximum absolute atomic E-state index is 11.1. The minimum Gasteiger partial charge on any atom is -0.550 e. The van der Waals surface area contributed by atoms with E-state index >= 15 is 0 Å². The summed E-state index contributed by atoms with van der Waals surface area (Å²) in [4.78, 5) is 21.9. The number of rotatable bonds is 6. The number of aliphatic carboxylic acids is 2. The molecular formula is C14H17NaO4. The fourth-order valence-corrected chi connectivity index (χ4v) is 1.98. The largest absolute Gasteiger partial charge is 1.00 e. The average molecular weight is 272 g/mol. The molecule has 1 N–H and O–H groups in total. The van der Waals surface area contributed by atoms with Crippen LogP contribution in [0, 0.1) is 11.8 Å². The van der Waals surface area contributed by atoms with Gasteiger partial charge in [0.1, 0.15) is 0 Å². The Morgan fingerprint density at radius 3 is 2.16 bits per heavy atom. The van der Waals surface area contributed by atoms with Gasteiger partial charge in [0, 0.05) is 11.9 Å². The van der Waals surface area contributed by atoms with Gasteiger partial charge in [-0.2, -0.15) is 0 Å². The van der Waals surface area contributed by atoms with Crippen LogP contribution in [0.5, 0.6) is 0 Å². The summed E-state index contributed by atoms with van der Waals surface area (Å²) >= 11 is 0. The molecule has 0 amide bonds. The quantitative estimate of drug-likeness (QED) is 0.624. The number of carboxylic acids is 2. The van der Waals surface area contributed by atoms with Crippen LogP contribution in [0.3, 0.4) is 0 Å². The normalized spacial score (nSPS) is 14.8. The maximum Gasteiger partial charge on any atom is 1.00 e. The summed E-state index contributed by atoms with van der Waals surface area (Å²) in [7, 11) is 0. The molecule has 3 atom stereocenters. The van der Waals surface area contributed by atoms with Crippen LogP contribution in [0.1, 0.15) is 31.7 Å². The minimum absolute atomic E-state index is 0. The minimum atomic E-state index is -1.32. The molecule has 0 aliphatic carbocycles. The molecule has 0 bridgehead atoms. The van der Waals surface area contributed by atoms with E-state index in [0.717, 1.165) is 5.56 Å². The van der Waals surface area contributed by atoms with E-state index in [1.165, 1.54) is 6.92 Å². The van der Waals surface area contributed by atoms with Gasteiger partial charge < -0.3 is 15.0 Å². The third-order valence-electron chi connectivity index (χ3n) is 3.27. The summed E-state index contributed by atoms with van der Waals surface area (Å²) in [5.41, 5.74) is 1.01. The summed E-state index contributed by atoms with van der Waals surface area (Å²) in [5.74, 6) is -4.33. The summed E-state index contributed by atoms with van der Waals surface area (Å²) < 4.78 is 0. The first-order valence-corrected chi connectivity index (χ1v) is 5.92. The van der Waals surface area contributed by atoms with Crippen LogP contribution < -0.4 is 34.7 Å². The molecule has 98 valence electrons. The van der Waals surface area contributed by atoms with Gasteiger partial charge in [0.05, 0.1) is 5.92 Å². The van der Waals surface area contributed by atoms with Gasteiger partial charge in [-0.25, -0.2) is 0 Å². The first-order valence-electron chi connectivity index (χ1n) is 5.92. The van der Waals surface area contributed by atoms with Crippen molar-refractivity contribution in [2.45, 2.75) is 26.2 Å². The molecule has 0 aliphatic rings. The van der Waals surface area contributed by atoms with Crippen LogP contribution in [-0.4, -0.2) is 17.0 Å². The molecule has 0 radical (unpaired) electrons. The van der Waals surface area contributed by atoms with Gasteiger partial charge >= 0.3 is 35.5 Å². The van der Waals surface area contributed by atoms with Gasteiger partial charge in [-0.15, -0.1) is 0 Å². The second kappa shape index (κ2) is 8.35. The van der Waals surface area contributed by atoms with Crippen LogP contribution in [0.25, 0.3) is 0 Å². The van der Waals surface area contributed by atoms with E-state index in [1.54, 1.807) is 0 Å². The maximum atomic E-state index is 11.1. The first kappa shape index (κ1) is 18.2. The van der Waals surface area contributed by atoms with Crippen molar-refractivity contribution in [3.8, 4) is 0 Å². The molecule has 1 rings (SSSR count). The van der Waals surface area contributed by atoms with Gasteiger partial charge in [0.25, 0.3) is 0 Å². The summed E-state index contributed by atoms with van der Waals surface area (Å²) in [5, 5.41) is 19.9. The monoisotopic (exact) mass is 272 g/mol. The van der Waals surface area contributed by atoms with E-state index in [2.05, 4.69) is 0 Å². The molecule has 19 heavy (non-hydrogen) atoms. The van der Waals surface area contributed by atoms with E-state index in [0.29, 0.717) is 0 Å². The smallest absolute Gasteiger partial charge is 0.550 e. The number of hydrogen-bond donors (Lipinski definition) is 1. The molecule has 5 heteroatoms. The Morgan fingerprint density at radius 2 is 1.74 bits per heavy atom. The zero-order valence-corrected chi connectivity index (χ0v) is 13.5. The number of carbonyl (C=O) groups is 2. The van der Waals surface area contributed by atoms with Crippen molar-refractivity contribution in [2.24, 2.45) is 11.8 Å². The van der Waals surface area contributed by atoms with Gasteiger partial charge in [0.15, 0.2) is 0 Å².